The van der Waals surface area contributed by atoms with Crippen molar-refractivity contribution in [3.63, 3.8) is 0 Å². The van der Waals surface area contributed by atoms with Crippen LogP contribution in [0.3, 0.4) is 0 Å². The minimum absolute atomic E-state index is 0.227. The molecular weight excluding hydrogens is 433 g/mol. The van der Waals surface area contributed by atoms with Gasteiger partial charge in [0.05, 0.1) is 17.2 Å². The molecule has 34 heavy (non-hydrogen) atoms. The average Bonchev–Trinajstić information content (AvgIpc) is 3.16. The maximum atomic E-state index is 14.8. The maximum Gasteiger partial charge on any atom is 0.248 e. The molecule has 0 atom stereocenters. The van der Waals surface area contributed by atoms with Crippen molar-refractivity contribution < 1.29 is 19.1 Å². The standard InChI is InChI=1S/C27H32FN3O3/c28-23-9-4-19(18-2-1-3-20(16-18)25(29)33)17-24(23)30-13-10-27(11-14-30)12-15-31(26(27)34)21-5-7-22(32)8-6-21/h1-4,9,16-17,21-22,32H,5-8,10-15H2,(H2,29,33)/t21-,22+. The Labute approximate surface area is 199 Å². The highest BCUT2D eigenvalue weighted by Gasteiger charge is 2.50. The summed E-state index contributed by atoms with van der Waals surface area (Å²) in [5.41, 5.74) is 7.65. The smallest absolute Gasteiger partial charge is 0.248 e. The molecule has 1 aliphatic carbocycles. The number of nitrogens with two attached hydrogens (primary N) is 1. The molecule has 2 aromatic rings. The van der Waals surface area contributed by atoms with Gasteiger partial charge in [-0.25, -0.2) is 4.39 Å². The second-order valence-corrected chi connectivity index (χ2v) is 10.1. The van der Waals surface area contributed by atoms with Crippen molar-refractivity contribution in [2.45, 2.75) is 57.1 Å². The highest BCUT2D eigenvalue weighted by Crippen LogP contribution is 2.45. The second kappa shape index (κ2) is 9.02. The van der Waals surface area contributed by atoms with E-state index in [1.54, 1.807) is 24.3 Å². The van der Waals surface area contributed by atoms with Gasteiger partial charge >= 0.3 is 0 Å². The fraction of sp³-hybridized carbons (Fsp3) is 0.481. The van der Waals surface area contributed by atoms with Crippen molar-refractivity contribution in [3.05, 3.63) is 53.8 Å². The first kappa shape index (κ1) is 22.8. The van der Waals surface area contributed by atoms with Crippen LogP contribution in [0.2, 0.25) is 0 Å². The van der Waals surface area contributed by atoms with E-state index in [-0.39, 0.29) is 29.3 Å². The predicted octanol–water partition coefficient (Wildman–Crippen LogP) is 3.71. The van der Waals surface area contributed by atoms with E-state index in [1.807, 2.05) is 17.0 Å². The van der Waals surface area contributed by atoms with E-state index in [0.29, 0.717) is 24.3 Å². The topological polar surface area (TPSA) is 86.9 Å². The lowest BCUT2D eigenvalue weighted by atomic mass is 9.76. The lowest BCUT2D eigenvalue weighted by molar-refractivity contribution is -0.139. The number of aliphatic hydroxyl groups excluding tert-OH is 1. The Morgan fingerprint density at radius 1 is 0.971 bits per heavy atom. The zero-order valence-electron chi connectivity index (χ0n) is 19.4. The quantitative estimate of drug-likeness (QED) is 0.721. The summed E-state index contributed by atoms with van der Waals surface area (Å²) in [6.45, 7) is 2.05. The van der Waals surface area contributed by atoms with Crippen molar-refractivity contribution >= 4 is 17.5 Å². The third-order valence-corrected chi connectivity index (χ3v) is 8.14. The van der Waals surface area contributed by atoms with Crippen LogP contribution >= 0.6 is 0 Å². The summed E-state index contributed by atoms with van der Waals surface area (Å²) in [5.74, 6) is -0.526. The van der Waals surface area contributed by atoms with E-state index < -0.39 is 5.91 Å². The van der Waals surface area contributed by atoms with Gasteiger partial charge in [-0.05, 0) is 80.3 Å². The minimum Gasteiger partial charge on any atom is -0.393 e. The third-order valence-electron chi connectivity index (χ3n) is 8.14. The highest BCUT2D eigenvalue weighted by atomic mass is 19.1. The number of aliphatic hydroxyl groups is 1. The lowest BCUT2D eigenvalue weighted by Gasteiger charge is -2.40. The number of likely N-dealkylation sites (tertiary alicyclic amines) is 1. The number of nitrogens with zero attached hydrogens (tertiary/aromatic N) is 2. The fourth-order valence-electron chi connectivity index (χ4n) is 5.99. The first-order chi connectivity index (χ1) is 16.4. The molecule has 3 aliphatic rings. The molecular formula is C27H32FN3O3. The summed E-state index contributed by atoms with van der Waals surface area (Å²) < 4.78 is 14.8. The van der Waals surface area contributed by atoms with Crippen LogP contribution < -0.4 is 10.6 Å². The van der Waals surface area contributed by atoms with E-state index in [1.165, 1.54) is 6.07 Å². The molecule has 5 rings (SSSR count). The molecule has 1 spiro atoms. The van der Waals surface area contributed by atoms with Crippen LogP contribution in [0, 0.1) is 11.2 Å². The van der Waals surface area contributed by atoms with Crippen molar-refractivity contribution in [1.29, 1.82) is 0 Å². The van der Waals surface area contributed by atoms with Crippen molar-refractivity contribution in [2.75, 3.05) is 24.5 Å². The zero-order valence-corrected chi connectivity index (χ0v) is 19.4. The zero-order chi connectivity index (χ0) is 23.9. The summed E-state index contributed by atoms with van der Waals surface area (Å²) >= 11 is 0. The molecule has 1 saturated carbocycles. The molecule has 0 unspecified atom stereocenters. The summed E-state index contributed by atoms with van der Waals surface area (Å²) in [4.78, 5) is 29.1. The molecule has 7 heteroatoms. The number of piperidine rings is 1. The van der Waals surface area contributed by atoms with Gasteiger partial charge in [-0.3, -0.25) is 9.59 Å². The molecule has 3 N–H and O–H groups in total. The third kappa shape index (κ3) is 4.17. The van der Waals surface area contributed by atoms with Gasteiger partial charge in [-0.15, -0.1) is 0 Å². The van der Waals surface area contributed by atoms with Crippen LogP contribution in [-0.4, -0.2) is 53.6 Å². The van der Waals surface area contributed by atoms with Gasteiger partial charge in [-0.1, -0.05) is 18.2 Å². The normalized spacial score (nSPS) is 24.6. The van der Waals surface area contributed by atoms with Gasteiger partial charge in [0.25, 0.3) is 0 Å². The Morgan fingerprint density at radius 3 is 2.35 bits per heavy atom. The molecule has 0 radical (unpaired) electrons. The molecule has 3 fully saturated rings. The number of primary amides is 1. The molecule has 2 saturated heterocycles. The van der Waals surface area contributed by atoms with Crippen molar-refractivity contribution in [2.24, 2.45) is 11.1 Å². The van der Waals surface area contributed by atoms with Crippen LogP contribution in [0.4, 0.5) is 10.1 Å². The summed E-state index contributed by atoms with van der Waals surface area (Å²) in [6.07, 6.45) is 5.38. The van der Waals surface area contributed by atoms with Gasteiger partial charge < -0.3 is 20.6 Å². The number of halogens is 1. The van der Waals surface area contributed by atoms with E-state index in [4.69, 9.17) is 5.73 Å². The molecule has 2 aromatic carbocycles. The SMILES string of the molecule is NC(=O)c1cccc(-c2ccc(F)c(N3CCC4(CC3)CCN([C@H]3CC[C@@H](O)CC3)C4=O)c2)c1. The number of rotatable bonds is 4. The van der Waals surface area contributed by atoms with E-state index in [0.717, 1.165) is 62.6 Å². The molecule has 180 valence electrons. The number of benzene rings is 2. The van der Waals surface area contributed by atoms with Gasteiger partial charge in [0.1, 0.15) is 5.82 Å². The Bertz CT molecular complexity index is 1090. The molecule has 0 bridgehead atoms. The Morgan fingerprint density at radius 2 is 1.65 bits per heavy atom. The number of carbonyl (C=O) groups is 2. The Hall–Kier alpha value is -2.93. The molecule has 2 aliphatic heterocycles. The largest absolute Gasteiger partial charge is 0.393 e. The van der Waals surface area contributed by atoms with E-state index in [2.05, 4.69) is 4.90 Å². The van der Waals surface area contributed by atoms with E-state index in [9.17, 15) is 19.1 Å². The average molecular weight is 466 g/mol. The van der Waals surface area contributed by atoms with Crippen LogP contribution in [0.15, 0.2) is 42.5 Å². The van der Waals surface area contributed by atoms with Crippen LogP contribution in [0.1, 0.15) is 55.3 Å². The first-order valence-electron chi connectivity index (χ1n) is 12.3. The van der Waals surface area contributed by atoms with Gasteiger partial charge in [0.2, 0.25) is 11.8 Å². The van der Waals surface area contributed by atoms with Crippen molar-refractivity contribution in [1.82, 2.24) is 4.90 Å². The van der Waals surface area contributed by atoms with Gasteiger partial charge in [-0.2, -0.15) is 0 Å². The molecule has 2 heterocycles. The summed E-state index contributed by atoms with van der Waals surface area (Å²) in [5, 5.41) is 9.81. The van der Waals surface area contributed by atoms with Gasteiger partial charge in [0, 0.05) is 31.2 Å². The number of amides is 2. The number of hydrogen-bond donors (Lipinski definition) is 2. The number of carbonyl (C=O) groups excluding carboxylic acids is 2. The lowest BCUT2D eigenvalue weighted by Crippen LogP contribution is -2.47. The summed E-state index contributed by atoms with van der Waals surface area (Å²) in [7, 11) is 0. The van der Waals surface area contributed by atoms with Crippen LogP contribution in [0.25, 0.3) is 11.1 Å². The Balaban J connectivity index is 1.30. The molecule has 6 nitrogen and oxygen atoms in total. The Kier molecular flexibility index (Phi) is 6.06. The second-order valence-electron chi connectivity index (χ2n) is 10.1. The van der Waals surface area contributed by atoms with Crippen LogP contribution in [-0.2, 0) is 4.79 Å². The highest BCUT2D eigenvalue weighted by molar-refractivity contribution is 5.94. The van der Waals surface area contributed by atoms with Crippen molar-refractivity contribution in [3.8, 4) is 11.1 Å². The first-order valence-corrected chi connectivity index (χ1v) is 12.3. The van der Waals surface area contributed by atoms with Gasteiger partial charge in [0.15, 0.2) is 0 Å². The number of hydrogen-bond acceptors (Lipinski definition) is 4. The molecule has 0 aromatic heterocycles. The number of anilines is 1. The minimum atomic E-state index is -0.495. The van der Waals surface area contributed by atoms with Crippen LogP contribution in [0.5, 0.6) is 0 Å². The van der Waals surface area contributed by atoms with E-state index >= 15 is 0 Å². The monoisotopic (exact) mass is 465 g/mol. The maximum absolute atomic E-state index is 14.8. The fourth-order valence-corrected chi connectivity index (χ4v) is 5.99. The predicted molar refractivity (Wildman–Crippen MR) is 129 cm³/mol. The summed E-state index contributed by atoms with van der Waals surface area (Å²) in [6, 6.07) is 12.3. The molecule has 2 amide bonds.